The van der Waals surface area contributed by atoms with Crippen LogP contribution in [-0.2, 0) is 13.6 Å². The van der Waals surface area contributed by atoms with Gasteiger partial charge in [0.15, 0.2) is 0 Å². The molecule has 0 bridgehead atoms. The number of piperidine rings is 1. The number of nitrogens with zero attached hydrogens (tertiary/aromatic N) is 7. The van der Waals surface area contributed by atoms with Gasteiger partial charge in [0.25, 0.3) is 0 Å². The van der Waals surface area contributed by atoms with Gasteiger partial charge in [-0.2, -0.15) is 9.90 Å². The molecule has 0 saturated carbocycles. The summed E-state index contributed by atoms with van der Waals surface area (Å²) in [5.41, 5.74) is 1.55. The fourth-order valence-corrected chi connectivity index (χ4v) is 3.61. The van der Waals surface area contributed by atoms with Crippen molar-refractivity contribution in [3.05, 3.63) is 42.7 Å². The molecule has 1 aliphatic heterocycles. The Balaban J connectivity index is 1.42. The maximum atomic E-state index is 12.9. The number of carbonyl (C=O) groups is 1. The third-order valence-corrected chi connectivity index (χ3v) is 5.02. The van der Waals surface area contributed by atoms with E-state index in [9.17, 15) is 4.79 Å². The Hall–Kier alpha value is -3.23. The Kier molecular flexibility index (Phi) is 5.31. The molecular weight excluding hydrogens is 356 g/mol. The van der Waals surface area contributed by atoms with Crippen molar-refractivity contribution in [2.24, 2.45) is 7.05 Å². The number of hydrogen-bond donors (Lipinski definition) is 1. The van der Waals surface area contributed by atoms with E-state index in [4.69, 9.17) is 0 Å². The average Bonchev–Trinajstić information content (AvgIpc) is 3.38. The Morgan fingerprint density at radius 1 is 1.29 bits per heavy atom. The van der Waals surface area contributed by atoms with Gasteiger partial charge in [-0.25, -0.2) is 4.79 Å². The van der Waals surface area contributed by atoms with Gasteiger partial charge >= 0.3 is 6.03 Å². The highest BCUT2D eigenvalue weighted by atomic mass is 16.2. The molecule has 1 fully saturated rings. The number of rotatable bonds is 5. The van der Waals surface area contributed by atoms with Gasteiger partial charge in [-0.15, -0.1) is 10.2 Å². The van der Waals surface area contributed by atoms with Crippen molar-refractivity contribution < 1.29 is 4.79 Å². The number of carbonyl (C=O) groups excluding carboxylic acids is 1. The van der Waals surface area contributed by atoms with Crippen molar-refractivity contribution in [2.45, 2.75) is 38.3 Å². The van der Waals surface area contributed by atoms with Crippen LogP contribution in [0.3, 0.4) is 0 Å². The minimum absolute atomic E-state index is 0.0607. The monoisotopic (exact) mass is 380 g/mol. The lowest BCUT2D eigenvalue weighted by Gasteiger charge is -2.35. The molecule has 1 aliphatic rings. The molecule has 0 aliphatic carbocycles. The highest BCUT2D eigenvalue weighted by Gasteiger charge is 2.26. The zero-order chi connectivity index (χ0) is 19.3. The van der Waals surface area contributed by atoms with Crippen LogP contribution in [0.25, 0.3) is 11.4 Å². The van der Waals surface area contributed by atoms with Crippen LogP contribution in [0.1, 0.15) is 25.7 Å². The second-order valence-corrected chi connectivity index (χ2v) is 7.01. The molecule has 1 atom stereocenters. The van der Waals surface area contributed by atoms with Crippen molar-refractivity contribution in [1.29, 1.82) is 0 Å². The molecule has 28 heavy (non-hydrogen) atoms. The number of aromatic nitrogens is 6. The Bertz CT molecular complexity index is 920. The summed E-state index contributed by atoms with van der Waals surface area (Å²) >= 11 is 0. The maximum Gasteiger partial charge on any atom is 0.322 e. The molecule has 0 radical (unpaired) electrons. The van der Waals surface area contributed by atoms with Crippen molar-refractivity contribution >= 4 is 11.7 Å². The van der Waals surface area contributed by atoms with Crippen molar-refractivity contribution in [3.63, 3.8) is 0 Å². The normalized spacial score (nSPS) is 16.9. The maximum absolute atomic E-state index is 12.9. The number of hydrogen-bond acceptors (Lipinski definition) is 5. The zero-order valence-electron chi connectivity index (χ0n) is 15.9. The summed E-state index contributed by atoms with van der Waals surface area (Å²) in [6.45, 7) is 1.59. The first-order chi connectivity index (χ1) is 13.7. The van der Waals surface area contributed by atoms with Gasteiger partial charge in [0.2, 0.25) is 5.82 Å². The Morgan fingerprint density at radius 3 is 3.00 bits per heavy atom. The second-order valence-electron chi connectivity index (χ2n) is 7.01. The number of nitrogens with one attached hydrogen (secondary N) is 1. The molecule has 1 unspecified atom stereocenters. The molecule has 2 aromatic heterocycles. The minimum atomic E-state index is -0.0607. The molecule has 1 saturated heterocycles. The van der Waals surface area contributed by atoms with Crippen LogP contribution in [0, 0.1) is 0 Å². The standard InChI is InChI=1S/C19H24N8O/c1-25-23-18(22-24-25)15-6-4-7-16(14-15)21-19(28)27-12-3-2-8-17(27)9-13-26-11-5-10-20-26/h4-7,10-11,14,17H,2-3,8-9,12-13H2,1H3,(H,21,28). The zero-order valence-corrected chi connectivity index (χ0v) is 15.9. The van der Waals surface area contributed by atoms with Gasteiger partial charge in [-0.1, -0.05) is 12.1 Å². The number of anilines is 1. The first-order valence-corrected chi connectivity index (χ1v) is 9.58. The number of amides is 2. The van der Waals surface area contributed by atoms with Crippen LogP contribution >= 0.6 is 0 Å². The van der Waals surface area contributed by atoms with E-state index in [0.29, 0.717) is 5.82 Å². The van der Waals surface area contributed by atoms with E-state index in [1.54, 1.807) is 13.2 Å². The molecule has 9 heteroatoms. The highest BCUT2D eigenvalue weighted by molar-refractivity contribution is 5.90. The minimum Gasteiger partial charge on any atom is -0.321 e. The van der Waals surface area contributed by atoms with Crippen molar-refractivity contribution in [3.8, 4) is 11.4 Å². The number of benzene rings is 1. The van der Waals surface area contributed by atoms with Crippen LogP contribution in [0.15, 0.2) is 42.7 Å². The van der Waals surface area contributed by atoms with E-state index in [-0.39, 0.29) is 12.1 Å². The molecule has 1 N–H and O–H groups in total. The summed E-state index contributed by atoms with van der Waals surface area (Å²) in [4.78, 5) is 16.3. The van der Waals surface area contributed by atoms with Crippen LogP contribution in [0.2, 0.25) is 0 Å². The molecule has 4 rings (SSSR count). The van der Waals surface area contributed by atoms with E-state index >= 15 is 0 Å². The van der Waals surface area contributed by atoms with E-state index < -0.39 is 0 Å². The summed E-state index contributed by atoms with van der Waals surface area (Å²) in [6, 6.07) is 9.62. The Labute approximate surface area is 163 Å². The largest absolute Gasteiger partial charge is 0.322 e. The third-order valence-electron chi connectivity index (χ3n) is 5.02. The fraction of sp³-hybridized carbons (Fsp3) is 0.421. The fourth-order valence-electron chi connectivity index (χ4n) is 3.61. The van der Waals surface area contributed by atoms with Crippen LogP contribution in [0.5, 0.6) is 0 Å². The summed E-state index contributed by atoms with van der Waals surface area (Å²) in [6.07, 6.45) is 7.86. The predicted molar refractivity (Wildman–Crippen MR) is 104 cm³/mol. The molecule has 0 spiro atoms. The van der Waals surface area contributed by atoms with E-state index in [1.165, 1.54) is 4.80 Å². The smallest absolute Gasteiger partial charge is 0.321 e. The van der Waals surface area contributed by atoms with Crippen molar-refractivity contribution in [1.82, 2.24) is 34.9 Å². The van der Waals surface area contributed by atoms with Crippen LogP contribution in [-0.4, -0.2) is 53.5 Å². The molecule has 3 aromatic rings. The first kappa shape index (κ1) is 18.1. The lowest BCUT2D eigenvalue weighted by atomic mass is 10.00. The number of aryl methyl sites for hydroxylation is 2. The SMILES string of the molecule is Cn1nnc(-c2cccc(NC(=O)N3CCCCC3CCn3cccn3)c2)n1. The van der Waals surface area contributed by atoms with Gasteiger partial charge in [-0.3, -0.25) is 4.68 Å². The quantitative estimate of drug-likeness (QED) is 0.734. The topological polar surface area (TPSA) is 93.8 Å². The first-order valence-electron chi connectivity index (χ1n) is 9.58. The Morgan fingerprint density at radius 2 is 2.21 bits per heavy atom. The van der Waals surface area contributed by atoms with Gasteiger partial charge in [0.1, 0.15) is 0 Å². The van der Waals surface area contributed by atoms with E-state index in [2.05, 4.69) is 25.8 Å². The highest BCUT2D eigenvalue weighted by Crippen LogP contribution is 2.23. The molecule has 9 nitrogen and oxygen atoms in total. The third kappa shape index (κ3) is 4.19. The summed E-state index contributed by atoms with van der Waals surface area (Å²) < 4.78 is 1.92. The van der Waals surface area contributed by atoms with Crippen molar-refractivity contribution in [2.75, 3.05) is 11.9 Å². The lowest BCUT2D eigenvalue weighted by Crippen LogP contribution is -2.46. The summed E-state index contributed by atoms with van der Waals surface area (Å²) in [5.74, 6) is 0.536. The average molecular weight is 380 g/mol. The number of likely N-dealkylation sites (tertiary alicyclic amines) is 1. The van der Waals surface area contributed by atoms with Crippen LogP contribution in [0.4, 0.5) is 10.5 Å². The van der Waals surface area contributed by atoms with Crippen LogP contribution < -0.4 is 5.32 Å². The molecule has 1 aromatic carbocycles. The van der Waals surface area contributed by atoms with Gasteiger partial charge in [-0.05, 0) is 49.1 Å². The molecular formula is C19H24N8O. The lowest BCUT2D eigenvalue weighted by molar-refractivity contribution is 0.154. The molecule has 2 amide bonds. The molecule has 3 heterocycles. The second kappa shape index (κ2) is 8.20. The molecule has 146 valence electrons. The predicted octanol–water partition coefficient (Wildman–Crippen LogP) is 2.55. The van der Waals surface area contributed by atoms with Gasteiger partial charge in [0.05, 0.1) is 7.05 Å². The number of tetrazole rings is 1. The van der Waals surface area contributed by atoms with Gasteiger partial charge < -0.3 is 10.2 Å². The van der Waals surface area contributed by atoms with E-state index in [1.807, 2.05) is 46.1 Å². The summed E-state index contributed by atoms with van der Waals surface area (Å²) in [7, 11) is 1.72. The van der Waals surface area contributed by atoms with Gasteiger partial charge in [0, 0.05) is 42.8 Å². The van der Waals surface area contributed by atoms with E-state index in [0.717, 1.165) is 50.0 Å². The summed E-state index contributed by atoms with van der Waals surface area (Å²) in [5, 5.41) is 19.4. The number of urea groups is 1.